The number of nitrogens with one attached hydrogen (secondary N) is 5. The molecule has 0 saturated carbocycles. The number of benzene rings is 7. The fourth-order valence-corrected chi connectivity index (χ4v) is 47.1. The standard InChI is InChI=1S/C23H32N2O2Si.C22H30N2O4Si.C17H27NOSi.C13H26S2Si.C12H10F2Si.C11H24O3SSi.C9H18S2Si.C4H7S2.C4H7.BrH.Li.Mg/c1-18(2)16-22(25-23(27)20-12-8-5-9-13-20)28(3)15-14-21(26)24-17-19-10-6-4-7-11-19;1-17(2)15-21(24-22(26)19-11-7-4-8-12-19)29(27,28)14-13-20(25)23-16-18-9-5-3-6-10-18;1-5-6-12-20(4)16(13-14(2)3)18-17(19)15-10-8-7-9-11-15;1-5-6-10-16(4)13(11-12(2)3)14-8-7-9-15-13;13-15(14,11-7-3-1-4-8-11)12-9-5-2-6-10-12;1-6-7-8-16(5)11(9-10(2)3)14-15(4,12)13;1-3-4-8-12(2)9-10-6-5-7-11-9;1-2-5-4-6-3-1;1-3-4-2;;;/h4-13,18,22,28H,14-17H2,1-3H3,(H,24,26)(H,25,27);3-12,17,21,27-28H,13-16H2,1-2H3,(H,23,25)(H,24,26);5,7-11,14,16,20H,1,6,12-13H2,2-4H3,(H,18,19);5,12,16H,1,6-11H2,2-4H3;1-10H;6,10-11,16H,1,7-9H2,2-5H3;3,9,12H,1,4-8H2,2H3;4H,1-3H2;3H,1-2,4H2;1H;;/q;;;;;;;2*-1;;+1;+2/p-1. The van der Waals surface area contributed by atoms with Gasteiger partial charge in [-0.2, -0.15) is 38.4 Å². The number of halogens is 3. The van der Waals surface area contributed by atoms with Crippen molar-refractivity contribution in [1.82, 2.24) is 26.6 Å². The molecule has 7 aromatic carbocycles. The Balaban J connectivity index is 0. The third-order valence-corrected chi connectivity index (χ3v) is 58.7. The summed E-state index contributed by atoms with van der Waals surface area (Å²) in [5, 5.41) is 17.6. The molecule has 0 bridgehead atoms. The van der Waals surface area contributed by atoms with Crippen LogP contribution < -0.4 is 72.8 Å². The molecule has 15 nitrogen and oxygen atoms in total. The molecule has 0 radical (unpaired) electrons. The van der Waals surface area contributed by atoms with Crippen LogP contribution in [0.15, 0.2) is 276 Å². The number of allylic oxidation sites excluding steroid dienone is 5. The minimum atomic E-state index is -4.46. The second-order valence-electron chi connectivity index (χ2n) is 39.9. The van der Waals surface area contributed by atoms with E-state index in [0.29, 0.717) is 64.2 Å². The number of hydrogen-bond donors (Lipinski definition) is 7. The van der Waals surface area contributed by atoms with E-state index in [1.165, 1.54) is 115 Å². The zero-order valence-corrected chi connectivity index (χ0v) is 109. The SMILES string of the molecule is C=CCC[SiH](C)C(CC(C)C)NC(=O)c1ccccc1.C=CCC[SiH](C)C(CC(C)C)OS(C)(=O)=O.C=CCC[SiH](C)C1(CC(C)C)SCCCS1.C=CCC[SiH](C)C1SCCCS1.C=CC[CH2-].CC(C)CC(NC(=O)c1ccccc1)[SiH](C)CCC(=O)NCc1ccccc1.CC(C)CC(NC(=O)c1ccccc1)[Si](O)(O)CCC(=O)NCc1ccccc1.F[Si](F)(c1ccccc1)c1ccccc1.[Br-].[CH-]1SCCCS1.[Li+].[Mg+2]. The Kier molecular flexibility index (Phi) is 86.4. The Labute approximate surface area is 975 Å². The number of carbonyl (C=O) groups excluding carboxylic acids is 5. The maximum absolute atomic E-state index is 14.0. The van der Waals surface area contributed by atoms with Crippen molar-refractivity contribution < 1.29 is 90.2 Å². The van der Waals surface area contributed by atoms with E-state index < -0.39 is 77.1 Å². The number of rotatable bonds is 49. The first-order valence-corrected chi connectivity index (χ1v) is 77.5. The molecule has 9 atom stereocenters. The molecule has 0 aromatic heterocycles. The zero-order valence-electron chi connectivity index (χ0n) is 92.9. The maximum Gasteiger partial charge on any atom is 2.00 e. The Morgan fingerprint density at radius 3 is 1.17 bits per heavy atom. The molecule has 7 aromatic rings. The predicted molar refractivity (Wildman–Crippen MR) is 665 cm³/mol. The van der Waals surface area contributed by atoms with Crippen molar-refractivity contribution in [3.63, 3.8) is 0 Å². The van der Waals surface area contributed by atoms with Gasteiger partial charge in [0.2, 0.25) is 11.8 Å². The predicted octanol–water partition coefficient (Wildman–Crippen LogP) is 19.5. The van der Waals surface area contributed by atoms with Gasteiger partial charge in [-0.1, -0.05) is 326 Å². The summed E-state index contributed by atoms with van der Waals surface area (Å²) in [5.74, 6) is 10.4. The van der Waals surface area contributed by atoms with Gasteiger partial charge in [0.1, 0.15) is 0 Å². The molecule has 7 N–H and O–H groups in total. The molecule has 5 amide bonds. The summed E-state index contributed by atoms with van der Waals surface area (Å²) in [6.07, 6.45) is 25.7. The fraction of sp³-hybridized carbons (Fsp3) is 0.487. The van der Waals surface area contributed by atoms with Crippen LogP contribution in [0.5, 0.6) is 0 Å². The normalized spacial score (nSPS) is 14.9. The van der Waals surface area contributed by atoms with Crippen LogP contribution in [0, 0.1) is 41.6 Å². The molecule has 149 heavy (non-hydrogen) atoms. The van der Waals surface area contributed by atoms with Gasteiger partial charge in [0.05, 0.1) is 61.6 Å². The smallest absolute Gasteiger partial charge is 1.00 e. The molecule has 820 valence electrons. The Morgan fingerprint density at radius 1 is 0.477 bits per heavy atom. The van der Waals surface area contributed by atoms with Gasteiger partial charge in [-0.25, -0.2) is 5.08 Å². The van der Waals surface area contributed by atoms with E-state index in [1.54, 1.807) is 66.7 Å². The summed E-state index contributed by atoms with van der Waals surface area (Å²) in [6, 6.07) is 69.1. The van der Waals surface area contributed by atoms with Crippen LogP contribution in [-0.2, 0) is 37.0 Å². The molecule has 3 heterocycles. The third kappa shape index (κ3) is 69.6. The number of amides is 5. The first kappa shape index (κ1) is 147. The fourth-order valence-electron chi connectivity index (χ4n) is 15.8. The van der Waals surface area contributed by atoms with Crippen molar-refractivity contribution in [2.75, 3.05) is 40.8 Å². The summed E-state index contributed by atoms with van der Waals surface area (Å²) in [7, 11) is -16.2. The second-order valence-corrected chi connectivity index (χ2v) is 73.2. The summed E-state index contributed by atoms with van der Waals surface area (Å²) in [4.78, 5) is 83.3. The first-order chi connectivity index (χ1) is 69.6. The average molecular weight is 2360 g/mol. The van der Waals surface area contributed by atoms with E-state index in [4.69, 9.17) is 4.18 Å². The van der Waals surface area contributed by atoms with Crippen LogP contribution in [-0.4, -0.2) is 203 Å². The molecule has 3 saturated heterocycles. The van der Waals surface area contributed by atoms with Gasteiger partial charge in [0.25, 0.3) is 27.8 Å². The number of carbonyl (C=O) groups is 5. The van der Waals surface area contributed by atoms with Crippen molar-refractivity contribution >= 4 is 205 Å². The summed E-state index contributed by atoms with van der Waals surface area (Å²) < 4.78 is 57.3. The minimum absolute atomic E-state index is 0. The van der Waals surface area contributed by atoms with Gasteiger partial charge in [-0.05, 0) is 195 Å². The number of hydrogen-bond acceptors (Lipinski definition) is 16. The van der Waals surface area contributed by atoms with Crippen molar-refractivity contribution in [2.24, 2.45) is 29.6 Å². The topological polar surface area (TPSA) is 229 Å². The van der Waals surface area contributed by atoms with E-state index in [0.717, 1.165) is 83.7 Å². The molecule has 0 aliphatic carbocycles. The van der Waals surface area contributed by atoms with Crippen LogP contribution in [0.4, 0.5) is 8.22 Å². The van der Waals surface area contributed by atoms with E-state index in [-0.39, 0.29) is 129 Å². The molecular weight excluding hydrogens is 2180 g/mol. The zero-order chi connectivity index (χ0) is 109. The van der Waals surface area contributed by atoms with Gasteiger partial charge < -0.3 is 83.6 Å². The maximum atomic E-state index is 14.0. The van der Waals surface area contributed by atoms with E-state index in [9.17, 15) is 50.2 Å². The summed E-state index contributed by atoms with van der Waals surface area (Å²) >= 11 is 12.9. The second kappa shape index (κ2) is 87.7. The van der Waals surface area contributed by atoms with Gasteiger partial charge in [-0.3, -0.25) is 36.4 Å². The van der Waals surface area contributed by atoms with E-state index >= 15 is 0 Å². The molecule has 10 rings (SSSR count). The summed E-state index contributed by atoms with van der Waals surface area (Å²) in [5.41, 5.74) is 3.72. The molecule has 34 heteroatoms. The Bertz CT molecular complexity index is 4720. The van der Waals surface area contributed by atoms with Gasteiger partial charge >= 0.3 is 59.2 Å². The van der Waals surface area contributed by atoms with Crippen molar-refractivity contribution in [3.05, 3.63) is 315 Å². The van der Waals surface area contributed by atoms with Crippen LogP contribution in [0.1, 0.15) is 208 Å². The van der Waals surface area contributed by atoms with Crippen LogP contribution in [0.3, 0.4) is 0 Å². The van der Waals surface area contributed by atoms with Crippen LogP contribution >= 0.6 is 70.6 Å². The van der Waals surface area contributed by atoms with Gasteiger partial charge in [0.15, 0.2) is 0 Å². The third-order valence-electron chi connectivity index (χ3n) is 24.1. The largest absolute Gasteiger partial charge is 2.00 e. The quantitative estimate of drug-likeness (QED) is 0.00618. The number of thioether (sulfide) groups is 6. The van der Waals surface area contributed by atoms with E-state index in [2.05, 4.69) is 219 Å². The van der Waals surface area contributed by atoms with Gasteiger partial charge in [-0.15, -0.1) is 62.5 Å². The van der Waals surface area contributed by atoms with Crippen molar-refractivity contribution in [2.45, 2.75) is 278 Å². The molecule has 3 aliphatic heterocycles. The average Bonchev–Trinajstić information content (AvgIpc) is 0.818. The molecular formula is C115H181BrF2LiMgN5O10S7Si7. The monoisotopic (exact) mass is 2360 g/mol. The minimum Gasteiger partial charge on any atom is -1.00 e. The molecule has 3 aliphatic rings. The van der Waals surface area contributed by atoms with Crippen molar-refractivity contribution in [1.29, 1.82) is 0 Å². The molecule has 0 spiro atoms. The Morgan fingerprint density at radius 2 is 0.819 bits per heavy atom. The van der Waals surface area contributed by atoms with Gasteiger partial charge in [0, 0.05) is 78.3 Å². The van der Waals surface area contributed by atoms with Crippen LogP contribution in [0.2, 0.25) is 69.0 Å². The summed E-state index contributed by atoms with van der Waals surface area (Å²) in [6.45, 7) is 56.5. The molecule has 3 fully saturated rings. The van der Waals surface area contributed by atoms with E-state index in [1.807, 2.05) is 177 Å². The van der Waals surface area contributed by atoms with Crippen LogP contribution in [0.25, 0.3) is 0 Å². The first-order valence-electron chi connectivity index (χ1n) is 52.5. The Hall–Kier alpha value is -4.26. The molecule has 9 unspecified atom stereocenters. The van der Waals surface area contributed by atoms with Crippen molar-refractivity contribution in [3.8, 4) is 0 Å².